The van der Waals surface area contributed by atoms with Crippen molar-refractivity contribution in [3.63, 3.8) is 0 Å². The van der Waals surface area contributed by atoms with Crippen LogP contribution in [0.4, 0.5) is 0 Å². The van der Waals surface area contributed by atoms with E-state index in [1.165, 1.54) is 0 Å². The third-order valence-electron chi connectivity index (χ3n) is 2.03. The number of rotatable bonds is 2. The zero-order valence-electron chi connectivity index (χ0n) is 8.69. The molecule has 0 saturated heterocycles. The van der Waals surface area contributed by atoms with Gasteiger partial charge in [0.2, 0.25) is 0 Å². The van der Waals surface area contributed by atoms with Crippen molar-refractivity contribution in [1.29, 1.82) is 0 Å². The average Bonchev–Trinajstić information content (AvgIpc) is 2.22. The molecule has 0 saturated carbocycles. The van der Waals surface area contributed by atoms with Crippen LogP contribution >= 0.6 is 0 Å². The quantitative estimate of drug-likeness (QED) is 0.702. The van der Waals surface area contributed by atoms with Gasteiger partial charge in [-0.15, -0.1) is 0 Å². The summed E-state index contributed by atoms with van der Waals surface area (Å²) in [6.07, 6.45) is 0. The van der Waals surface area contributed by atoms with E-state index < -0.39 is 11.4 Å². The predicted molar refractivity (Wildman–Crippen MR) is 57.9 cm³/mol. The van der Waals surface area contributed by atoms with Crippen molar-refractivity contribution < 1.29 is 14.1 Å². The molecule has 0 aliphatic carbocycles. The van der Waals surface area contributed by atoms with Crippen molar-refractivity contribution in [2.24, 2.45) is 0 Å². The highest BCUT2D eigenvalue weighted by molar-refractivity contribution is 5.95. The summed E-state index contributed by atoms with van der Waals surface area (Å²) in [5, 5.41) is 8.89. The van der Waals surface area contributed by atoms with Crippen molar-refractivity contribution >= 4 is 22.6 Å². The fraction of sp³-hybridized carbons (Fsp3) is 0.300. The van der Waals surface area contributed by atoms with Crippen molar-refractivity contribution in [3.8, 4) is 0 Å². The van der Waals surface area contributed by atoms with Crippen LogP contribution in [-0.4, -0.2) is 31.9 Å². The molecule has 4 heteroatoms. The predicted octanol–water partition coefficient (Wildman–Crippen LogP) is 0.576. The SMILES string of the molecule is CC(C)(C(=O)O)c1ccccc1.[OH][AlH2]. The number of benzene rings is 1. The van der Waals surface area contributed by atoms with E-state index in [2.05, 4.69) is 0 Å². The number of carboxylic acid groups (broad SMARTS) is 1. The molecule has 0 aliphatic rings. The Morgan fingerprint density at radius 3 is 2.00 bits per heavy atom. The summed E-state index contributed by atoms with van der Waals surface area (Å²) in [4.78, 5) is 10.8. The Labute approximate surface area is 92.1 Å². The van der Waals surface area contributed by atoms with Gasteiger partial charge in [-0.05, 0) is 19.4 Å². The van der Waals surface area contributed by atoms with Gasteiger partial charge >= 0.3 is 22.6 Å². The van der Waals surface area contributed by atoms with Crippen LogP contribution in [0.25, 0.3) is 0 Å². The van der Waals surface area contributed by atoms with Crippen molar-refractivity contribution in [2.75, 3.05) is 0 Å². The summed E-state index contributed by atoms with van der Waals surface area (Å²) >= 11 is 0.306. The Morgan fingerprint density at radius 2 is 1.64 bits per heavy atom. The number of carboxylic acids is 1. The van der Waals surface area contributed by atoms with Crippen LogP contribution < -0.4 is 0 Å². The lowest BCUT2D eigenvalue weighted by molar-refractivity contribution is -0.142. The van der Waals surface area contributed by atoms with Crippen LogP contribution in [0.15, 0.2) is 30.3 Å². The maximum Gasteiger partial charge on any atom is 0.407 e. The van der Waals surface area contributed by atoms with Gasteiger partial charge in [-0.2, -0.15) is 0 Å². The van der Waals surface area contributed by atoms with Gasteiger partial charge in [-0.1, -0.05) is 30.3 Å². The molecule has 0 aliphatic heterocycles. The van der Waals surface area contributed by atoms with Gasteiger partial charge in [-0.25, -0.2) is 0 Å². The molecule has 14 heavy (non-hydrogen) atoms. The molecule has 0 amide bonds. The Kier molecular flexibility index (Phi) is 5.48. The monoisotopic (exact) mass is 210 g/mol. The van der Waals surface area contributed by atoms with Crippen molar-refractivity contribution in [3.05, 3.63) is 35.9 Å². The number of carbonyl (C=O) groups is 1. The Morgan fingerprint density at radius 1 is 1.21 bits per heavy atom. The highest BCUT2D eigenvalue weighted by atomic mass is 27.1. The van der Waals surface area contributed by atoms with Crippen LogP contribution in [0, 0.1) is 0 Å². The zero-order valence-corrected chi connectivity index (χ0v) is 10.7. The van der Waals surface area contributed by atoms with Gasteiger partial charge in [0.05, 0.1) is 5.41 Å². The molecule has 76 valence electrons. The second kappa shape index (κ2) is 5.82. The van der Waals surface area contributed by atoms with Crippen LogP contribution in [0.1, 0.15) is 19.4 Å². The van der Waals surface area contributed by atoms with Crippen molar-refractivity contribution in [2.45, 2.75) is 19.3 Å². The van der Waals surface area contributed by atoms with E-state index >= 15 is 0 Å². The zero-order chi connectivity index (χ0) is 11.2. The van der Waals surface area contributed by atoms with Gasteiger partial charge < -0.3 is 9.26 Å². The van der Waals surface area contributed by atoms with E-state index in [0.717, 1.165) is 5.56 Å². The normalized spacial score (nSPS) is 9.93. The molecule has 0 spiro atoms. The Balaban J connectivity index is 0.000000791. The van der Waals surface area contributed by atoms with Crippen molar-refractivity contribution in [1.82, 2.24) is 0 Å². The van der Waals surface area contributed by atoms with Gasteiger partial charge in [0, 0.05) is 0 Å². The summed E-state index contributed by atoms with van der Waals surface area (Å²) in [5.41, 5.74) is 0.0406. The third kappa shape index (κ3) is 3.15. The summed E-state index contributed by atoms with van der Waals surface area (Å²) in [5.74, 6) is -0.797. The van der Waals surface area contributed by atoms with Gasteiger partial charge in [-0.3, -0.25) is 4.79 Å². The first-order valence-corrected chi connectivity index (χ1v) is 5.18. The van der Waals surface area contributed by atoms with Gasteiger partial charge in [0.15, 0.2) is 0 Å². The van der Waals surface area contributed by atoms with E-state index in [1.807, 2.05) is 30.3 Å². The number of hydrogen-bond donors (Lipinski definition) is 2. The molecule has 1 aromatic rings. The van der Waals surface area contributed by atoms with E-state index in [-0.39, 0.29) is 0 Å². The summed E-state index contributed by atoms with van der Waals surface area (Å²) < 4.78 is 7.14. The summed E-state index contributed by atoms with van der Waals surface area (Å²) in [6, 6.07) is 9.23. The summed E-state index contributed by atoms with van der Waals surface area (Å²) in [7, 11) is 0. The molecule has 0 heterocycles. The molecule has 1 rings (SSSR count). The fourth-order valence-electron chi connectivity index (χ4n) is 0.978. The standard InChI is InChI=1S/C10H12O2.Al.H2O.2H/c1-10(2,9(11)12)8-6-4-3-5-7-8;;;;/h3-7H,1-2H3,(H,11,12);;1H2;;/q;+1;;;/p-1. The minimum atomic E-state index is -0.797. The van der Waals surface area contributed by atoms with Gasteiger partial charge in [0.1, 0.15) is 0 Å². The molecular formula is C10H15AlO3. The molecule has 2 N–H and O–H groups in total. The molecule has 0 atom stereocenters. The number of aliphatic carboxylic acids is 1. The molecule has 0 unspecified atom stereocenters. The van der Waals surface area contributed by atoms with E-state index in [9.17, 15) is 4.79 Å². The fourth-order valence-corrected chi connectivity index (χ4v) is 0.978. The third-order valence-corrected chi connectivity index (χ3v) is 2.03. The molecular weight excluding hydrogens is 195 g/mol. The lowest BCUT2D eigenvalue weighted by Gasteiger charge is -2.18. The van der Waals surface area contributed by atoms with Crippen LogP contribution in [-0.2, 0) is 10.2 Å². The first-order valence-electron chi connectivity index (χ1n) is 4.29. The highest BCUT2D eigenvalue weighted by Crippen LogP contribution is 2.22. The van der Waals surface area contributed by atoms with Crippen LogP contribution in [0.2, 0.25) is 0 Å². The molecule has 0 fully saturated rings. The molecule has 0 radical (unpaired) electrons. The second-order valence-corrected chi connectivity index (χ2v) is 3.30. The maximum atomic E-state index is 10.8. The molecule has 1 aromatic carbocycles. The minimum absolute atomic E-state index is 0.306. The topological polar surface area (TPSA) is 57.5 Å². The molecule has 0 bridgehead atoms. The largest absolute Gasteiger partial charge is 0.521 e. The Hall–Kier alpha value is -0.818. The first kappa shape index (κ1) is 13.2. The Bertz CT molecular complexity index is 283. The second-order valence-electron chi connectivity index (χ2n) is 3.30. The smallest absolute Gasteiger partial charge is 0.407 e. The van der Waals surface area contributed by atoms with Crippen LogP contribution in [0.3, 0.4) is 0 Å². The molecule has 3 nitrogen and oxygen atoms in total. The maximum absolute atomic E-state index is 10.8. The van der Waals surface area contributed by atoms with Gasteiger partial charge in [0.25, 0.3) is 0 Å². The minimum Gasteiger partial charge on any atom is -0.521 e. The van der Waals surface area contributed by atoms with E-state index in [4.69, 9.17) is 9.26 Å². The average molecular weight is 210 g/mol. The van der Waals surface area contributed by atoms with E-state index in [1.54, 1.807) is 13.8 Å². The first-order chi connectivity index (χ1) is 6.55. The van der Waals surface area contributed by atoms with E-state index in [0.29, 0.717) is 16.6 Å². The van der Waals surface area contributed by atoms with Crippen LogP contribution in [0.5, 0.6) is 0 Å². The lowest BCUT2D eigenvalue weighted by atomic mass is 9.85. The lowest BCUT2D eigenvalue weighted by Crippen LogP contribution is -2.28. The summed E-state index contributed by atoms with van der Waals surface area (Å²) in [6.45, 7) is 3.40. The molecule has 0 aromatic heterocycles. The number of hydrogen-bond acceptors (Lipinski definition) is 2. The highest BCUT2D eigenvalue weighted by Gasteiger charge is 2.28.